The van der Waals surface area contributed by atoms with Crippen molar-refractivity contribution in [3.05, 3.63) is 22.9 Å². The third-order valence-electron chi connectivity index (χ3n) is 3.54. The summed E-state index contributed by atoms with van der Waals surface area (Å²) >= 11 is 3.44. The first kappa shape index (κ1) is 16.0. The molecule has 1 atom stereocenters. The molecule has 1 fully saturated rings. The van der Waals surface area contributed by atoms with Crippen molar-refractivity contribution in [2.24, 2.45) is 0 Å². The van der Waals surface area contributed by atoms with Crippen LogP contribution in [0.15, 0.2) is 22.9 Å². The van der Waals surface area contributed by atoms with Crippen molar-refractivity contribution >= 4 is 33.5 Å². The van der Waals surface area contributed by atoms with E-state index in [0.717, 1.165) is 28.9 Å². The Labute approximate surface area is 143 Å². The van der Waals surface area contributed by atoms with Crippen molar-refractivity contribution in [3.63, 3.8) is 0 Å². The van der Waals surface area contributed by atoms with Crippen LogP contribution in [-0.2, 0) is 4.74 Å². The molecule has 2 aromatic heterocycles. The molecule has 0 spiro atoms. The fraction of sp³-hybridized carbons (Fsp3) is 0.533. The number of fused-ring (bicyclic) bond motifs is 1. The van der Waals surface area contributed by atoms with E-state index in [1.807, 2.05) is 33.0 Å². The number of hydrogen-bond donors (Lipinski definition) is 1. The topological polar surface area (TPSA) is 71.8 Å². The van der Waals surface area contributed by atoms with Gasteiger partial charge in [-0.2, -0.15) is 5.10 Å². The molecular weight excluding hydrogens is 362 g/mol. The minimum absolute atomic E-state index is 0.0660. The minimum Gasteiger partial charge on any atom is -0.444 e. The molecule has 2 aromatic rings. The van der Waals surface area contributed by atoms with Crippen molar-refractivity contribution in [2.45, 2.75) is 38.8 Å². The lowest BCUT2D eigenvalue weighted by atomic mass is 10.2. The summed E-state index contributed by atoms with van der Waals surface area (Å²) in [6.45, 7) is 7.13. The van der Waals surface area contributed by atoms with E-state index in [1.54, 1.807) is 10.7 Å². The number of alkyl carbamates (subject to hydrolysis) is 1. The second-order valence-electron chi connectivity index (χ2n) is 6.62. The Kier molecular flexibility index (Phi) is 4.18. The van der Waals surface area contributed by atoms with Crippen LogP contribution in [0.2, 0.25) is 0 Å². The van der Waals surface area contributed by atoms with Crippen LogP contribution in [0.4, 0.5) is 10.6 Å². The lowest BCUT2D eigenvalue weighted by molar-refractivity contribution is 0.0509. The van der Waals surface area contributed by atoms with Crippen LogP contribution in [0.3, 0.4) is 0 Å². The maximum absolute atomic E-state index is 11.9. The second kappa shape index (κ2) is 5.99. The molecule has 3 rings (SSSR count). The van der Waals surface area contributed by atoms with Gasteiger partial charge in [0.05, 0.1) is 16.7 Å². The number of anilines is 1. The molecule has 1 unspecified atom stereocenters. The van der Waals surface area contributed by atoms with Gasteiger partial charge < -0.3 is 15.0 Å². The van der Waals surface area contributed by atoms with E-state index in [4.69, 9.17) is 4.74 Å². The maximum atomic E-state index is 11.9. The smallest absolute Gasteiger partial charge is 0.407 e. The normalized spacial score (nSPS) is 18.4. The van der Waals surface area contributed by atoms with Gasteiger partial charge >= 0.3 is 6.09 Å². The Morgan fingerprint density at radius 1 is 1.48 bits per heavy atom. The molecule has 124 valence electrons. The molecule has 0 radical (unpaired) electrons. The van der Waals surface area contributed by atoms with Crippen molar-refractivity contribution in [2.75, 3.05) is 18.0 Å². The average molecular weight is 382 g/mol. The zero-order valence-corrected chi connectivity index (χ0v) is 15.0. The van der Waals surface area contributed by atoms with Crippen LogP contribution in [-0.4, -0.2) is 45.4 Å². The molecule has 7 nitrogen and oxygen atoms in total. The van der Waals surface area contributed by atoms with Crippen LogP contribution in [0.25, 0.3) is 5.65 Å². The van der Waals surface area contributed by atoms with E-state index in [0.29, 0.717) is 6.54 Å². The van der Waals surface area contributed by atoms with E-state index in [-0.39, 0.29) is 12.1 Å². The van der Waals surface area contributed by atoms with Gasteiger partial charge in [-0.1, -0.05) is 0 Å². The first-order valence-electron chi connectivity index (χ1n) is 7.56. The van der Waals surface area contributed by atoms with Gasteiger partial charge in [-0.15, -0.1) is 0 Å². The molecule has 1 amide bonds. The third-order valence-corrected chi connectivity index (χ3v) is 4.10. The highest BCUT2D eigenvalue weighted by Crippen LogP contribution is 2.22. The van der Waals surface area contributed by atoms with Gasteiger partial charge in [-0.25, -0.2) is 14.3 Å². The molecule has 0 aromatic carbocycles. The number of aromatic nitrogens is 3. The molecular formula is C15H20BrN5O2. The number of hydrogen-bond acceptors (Lipinski definition) is 5. The van der Waals surface area contributed by atoms with Crippen molar-refractivity contribution in [1.29, 1.82) is 0 Å². The second-order valence-corrected chi connectivity index (χ2v) is 7.48. The third kappa shape index (κ3) is 3.74. The molecule has 1 aliphatic heterocycles. The minimum atomic E-state index is -0.483. The summed E-state index contributed by atoms with van der Waals surface area (Å²) in [5.74, 6) is 0.882. The van der Waals surface area contributed by atoms with Gasteiger partial charge in [0.2, 0.25) is 0 Å². The van der Waals surface area contributed by atoms with Crippen molar-refractivity contribution in [1.82, 2.24) is 19.9 Å². The lowest BCUT2D eigenvalue weighted by Gasteiger charge is -2.22. The van der Waals surface area contributed by atoms with E-state index in [2.05, 4.69) is 36.2 Å². The molecule has 23 heavy (non-hydrogen) atoms. The largest absolute Gasteiger partial charge is 0.444 e. The molecule has 0 bridgehead atoms. The highest BCUT2D eigenvalue weighted by molar-refractivity contribution is 9.10. The summed E-state index contributed by atoms with van der Waals surface area (Å²) in [5.41, 5.74) is 0.300. The van der Waals surface area contributed by atoms with Gasteiger partial charge in [0.15, 0.2) is 5.65 Å². The number of nitrogens with one attached hydrogen (secondary N) is 1. The van der Waals surface area contributed by atoms with E-state index in [9.17, 15) is 4.79 Å². The first-order chi connectivity index (χ1) is 10.8. The van der Waals surface area contributed by atoms with Gasteiger partial charge in [0.1, 0.15) is 11.4 Å². The predicted octanol–water partition coefficient (Wildman–Crippen LogP) is 2.60. The van der Waals surface area contributed by atoms with E-state index in [1.165, 1.54) is 0 Å². The zero-order chi connectivity index (χ0) is 16.6. The summed E-state index contributed by atoms with van der Waals surface area (Å²) in [6.07, 6.45) is 4.11. The summed E-state index contributed by atoms with van der Waals surface area (Å²) in [6, 6.07) is 2.00. The number of amides is 1. The average Bonchev–Trinajstić information content (AvgIpc) is 3.04. The quantitative estimate of drug-likeness (QED) is 0.865. The number of carbonyl (C=O) groups excluding carboxylic acids is 1. The van der Waals surface area contributed by atoms with Crippen LogP contribution >= 0.6 is 15.9 Å². The van der Waals surface area contributed by atoms with Gasteiger partial charge in [0.25, 0.3) is 0 Å². The molecule has 1 saturated heterocycles. The number of carbonyl (C=O) groups is 1. The van der Waals surface area contributed by atoms with Gasteiger partial charge in [-0.05, 0) is 49.2 Å². The van der Waals surface area contributed by atoms with E-state index >= 15 is 0 Å². The highest BCUT2D eigenvalue weighted by atomic mass is 79.9. The first-order valence-corrected chi connectivity index (χ1v) is 8.35. The lowest BCUT2D eigenvalue weighted by Crippen LogP contribution is -2.40. The van der Waals surface area contributed by atoms with Crippen molar-refractivity contribution in [3.8, 4) is 0 Å². The fourth-order valence-electron chi connectivity index (χ4n) is 2.57. The molecule has 1 N–H and O–H groups in total. The Morgan fingerprint density at radius 3 is 3.00 bits per heavy atom. The Morgan fingerprint density at radius 2 is 2.26 bits per heavy atom. The Bertz CT molecular complexity index is 724. The SMILES string of the molecule is CC(C)(C)OC(=O)NC1CCN(c2ccn3ncc(Br)c3n2)C1. The highest BCUT2D eigenvalue weighted by Gasteiger charge is 2.27. The van der Waals surface area contributed by atoms with Crippen LogP contribution in [0.1, 0.15) is 27.2 Å². The maximum Gasteiger partial charge on any atom is 0.407 e. The molecule has 8 heteroatoms. The Hall–Kier alpha value is -1.83. The van der Waals surface area contributed by atoms with E-state index < -0.39 is 5.60 Å². The molecule has 1 aliphatic rings. The van der Waals surface area contributed by atoms with Crippen molar-refractivity contribution < 1.29 is 9.53 Å². The summed E-state index contributed by atoms with van der Waals surface area (Å²) in [4.78, 5) is 18.6. The van der Waals surface area contributed by atoms with Crippen LogP contribution < -0.4 is 10.2 Å². The molecule has 0 saturated carbocycles. The fourth-order valence-corrected chi connectivity index (χ4v) is 2.93. The summed E-state index contributed by atoms with van der Waals surface area (Å²) in [5, 5.41) is 7.11. The monoisotopic (exact) mass is 381 g/mol. The number of nitrogens with zero attached hydrogens (tertiary/aromatic N) is 4. The standard InChI is InChI=1S/C15H20BrN5O2/c1-15(2,3)23-14(22)18-10-4-6-20(9-10)12-5-7-21-13(19-12)11(16)8-17-21/h5,7-8,10H,4,6,9H2,1-3H3,(H,18,22). The Balaban J connectivity index is 1.64. The summed E-state index contributed by atoms with van der Waals surface area (Å²) < 4.78 is 7.89. The number of ether oxygens (including phenoxy) is 1. The number of rotatable bonds is 2. The van der Waals surface area contributed by atoms with Gasteiger partial charge in [0, 0.05) is 19.3 Å². The van der Waals surface area contributed by atoms with Crippen LogP contribution in [0, 0.1) is 0 Å². The zero-order valence-electron chi connectivity index (χ0n) is 13.4. The molecule has 0 aliphatic carbocycles. The van der Waals surface area contributed by atoms with Gasteiger partial charge in [-0.3, -0.25) is 0 Å². The predicted molar refractivity (Wildman–Crippen MR) is 90.7 cm³/mol. The molecule has 3 heterocycles. The van der Waals surface area contributed by atoms with Crippen LogP contribution in [0.5, 0.6) is 0 Å². The summed E-state index contributed by atoms with van der Waals surface area (Å²) in [7, 11) is 0. The number of halogens is 1.